The third-order valence-electron chi connectivity index (χ3n) is 2.27. The summed E-state index contributed by atoms with van der Waals surface area (Å²) in [4.78, 5) is 22.1. The summed E-state index contributed by atoms with van der Waals surface area (Å²) in [5.74, 6) is -0.996. The van der Waals surface area contributed by atoms with Gasteiger partial charge in [0, 0.05) is 11.4 Å². The van der Waals surface area contributed by atoms with E-state index in [2.05, 4.69) is 17.9 Å². The van der Waals surface area contributed by atoms with Crippen LogP contribution in [0.15, 0.2) is 24.3 Å². The number of hydrogen-bond donors (Lipinski definition) is 4. The monoisotopic (exact) mass is 284 g/mol. The number of nitrogens with one attached hydrogen (secondary N) is 1. The van der Waals surface area contributed by atoms with Gasteiger partial charge in [0.1, 0.15) is 17.8 Å². The molecular formula is C12H16N2O4S. The highest BCUT2D eigenvalue weighted by molar-refractivity contribution is 7.80. The van der Waals surface area contributed by atoms with E-state index in [1.54, 1.807) is 24.3 Å². The molecule has 0 fully saturated rings. The van der Waals surface area contributed by atoms with Crippen LogP contribution in [-0.4, -0.2) is 34.9 Å². The summed E-state index contributed by atoms with van der Waals surface area (Å²) in [6.07, 6.45) is 0. The topological polar surface area (TPSA) is 102 Å². The summed E-state index contributed by atoms with van der Waals surface area (Å²) in [7, 11) is 0. The van der Waals surface area contributed by atoms with Gasteiger partial charge in [0.25, 0.3) is 0 Å². The lowest BCUT2D eigenvalue weighted by Crippen LogP contribution is -2.31. The normalized spacial score (nSPS) is 13.4. The number of nitrogens with two attached hydrogens (primary N) is 1. The number of carbonyl (C=O) groups is 2. The second kappa shape index (κ2) is 7.01. The summed E-state index contributed by atoms with van der Waals surface area (Å²) in [5, 5.41) is 11.7. The first-order valence-corrected chi connectivity index (χ1v) is 6.25. The number of thiol groups is 1. The molecule has 0 bridgehead atoms. The number of hydrogen-bond acceptors (Lipinski definition) is 6. The first-order valence-electron chi connectivity index (χ1n) is 5.61. The second-order valence-corrected chi connectivity index (χ2v) is 4.32. The Morgan fingerprint density at radius 2 is 2.00 bits per heavy atom. The summed E-state index contributed by atoms with van der Waals surface area (Å²) in [6.45, 7) is 1.53. The molecule has 0 unspecified atom stereocenters. The molecule has 0 aliphatic rings. The van der Waals surface area contributed by atoms with Crippen molar-refractivity contribution in [1.82, 2.24) is 0 Å². The molecule has 1 rings (SSSR count). The number of benzene rings is 1. The summed E-state index contributed by atoms with van der Waals surface area (Å²) >= 11 is 3.95. The summed E-state index contributed by atoms with van der Waals surface area (Å²) in [6, 6.07) is 4.87. The zero-order valence-electron chi connectivity index (χ0n) is 10.4. The van der Waals surface area contributed by atoms with Gasteiger partial charge in [-0.2, -0.15) is 12.6 Å². The number of ether oxygens (including phenoxy) is 1. The van der Waals surface area contributed by atoms with Crippen molar-refractivity contribution in [2.75, 3.05) is 11.1 Å². The number of rotatable bonds is 6. The molecule has 0 aromatic heterocycles. The van der Waals surface area contributed by atoms with Crippen molar-refractivity contribution >= 4 is 30.3 Å². The predicted octanol–water partition coefficient (Wildman–Crippen LogP) is 0.734. The number of carboxylic acid groups (broad SMARTS) is 1. The third kappa shape index (κ3) is 4.80. The molecule has 0 saturated carbocycles. The van der Waals surface area contributed by atoms with E-state index in [0.717, 1.165) is 0 Å². The van der Waals surface area contributed by atoms with Gasteiger partial charge in [-0.3, -0.25) is 0 Å². The first kappa shape index (κ1) is 15.3. The molecule has 104 valence electrons. The van der Waals surface area contributed by atoms with E-state index in [9.17, 15) is 9.59 Å². The Hall–Kier alpha value is -1.73. The molecule has 0 heterocycles. The second-order valence-electron chi connectivity index (χ2n) is 3.95. The average molecular weight is 284 g/mol. The van der Waals surface area contributed by atoms with E-state index in [1.807, 2.05) is 0 Å². The van der Waals surface area contributed by atoms with Gasteiger partial charge in [0.2, 0.25) is 0 Å². The first-order chi connectivity index (χ1) is 8.93. The van der Waals surface area contributed by atoms with Gasteiger partial charge in [-0.25, -0.2) is 9.59 Å². The number of carbonyl (C=O) groups excluding carboxylic acids is 1. The van der Waals surface area contributed by atoms with E-state index in [4.69, 9.17) is 15.6 Å². The molecule has 4 N–H and O–H groups in total. The van der Waals surface area contributed by atoms with Crippen LogP contribution in [0.5, 0.6) is 5.75 Å². The number of anilines is 1. The molecule has 19 heavy (non-hydrogen) atoms. The minimum atomic E-state index is -0.984. The highest BCUT2D eigenvalue weighted by Gasteiger charge is 2.15. The van der Waals surface area contributed by atoms with Crippen LogP contribution in [0.2, 0.25) is 0 Å². The van der Waals surface area contributed by atoms with Crippen LogP contribution in [-0.2, 0) is 9.59 Å². The molecule has 7 heteroatoms. The Balaban J connectivity index is 2.66. The Bertz CT molecular complexity index is 448. The van der Waals surface area contributed by atoms with Gasteiger partial charge >= 0.3 is 11.9 Å². The highest BCUT2D eigenvalue weighted by atomic mass is 32.1. The van der Waals surface area contributed by atoms with Crippen LogP contribution in [0.3, 0.4) is 0 Å². The van der Waals surface area contributed by atoms with Crippen molar-refractivity contribution in [3.8, 4) is 5.75 Å². The zero-order chi connectivity index (χ0) is 14.4. The smallest absolute Gasteiger partial charge is 0.328 e. The molecule has 0 saturated heterocycles. The lowest BCUT2D eigenvalue weighted by Gasteiger charge is -2.13. The molecule has 0 radical (unpaired) electrons. The van der Waals surface area contributed by atoms with E-state index in [1.165, 1.54) is 6.92 Å². The summed E-state index contributed by atoms with van der Waals surface area (Å²) in [5.41, 5.74) is 5.97. The van der Waals surface area contributed by atoms with Crippen LogP contribution in [0, 0.1) is 0 Å². The Labute approximate surface area is 116 Å². The van der Waals surface area contributed by atoms with Gasteiger partial charge in [0.15, 0.2) is 0 Å². The molecular weight excluding hydrogens is 268 g/mol. The SMILES string of the molecule is C[C@H](N)C(=O)Oc1ccc(N[C@@H](CS)C(=O)O)cc1. The largest absolute Gasteiger partial charge is 0.480 e. The van der Waals surface area contributed by atoms with Crippen LogP contribution in [0.4, 0.5) is 5.69 Å². The van der Waals surface area contributed by atoms with Crippen LogP contribution >= 0.6 is 12.6 Å². The number of esters is 1. The predicted molar refractivity (Wildman–Crippen MR) is 74.6 cm³/mol. The van der Waals surface area contributed by atoms with Gasteiger partial charge in [-0.05, 0) is 31.2 Å². The van der Waals surface area contributed by atoms with Gasteiger partial charge < -0.3 is 20.9 Å². The van der Waals surface area contributed by atoms with Crippen LogP contribution in [0.25, 0.3) is 0 Å². The fourth-order valence-electron chi connectivity index (χ4n) is 1.21. The molecule has 0 aliphatic heterocycles. The number of aliphatic carboxylic acids is 1. The minimum absolute atomic E-state index is 0.163. The van der Waals surface area contributed by atoms with E-state index in [-0.39, 0.29) is 5.75 Å². The molecule has 0 spiro atoms. The van der Waals surface area contributed by atoms with Crippen molar-refractivity contribution in [2.45, 2.75) is 19.0 Å². The van der Waals surface area contributed by atoms with Crippen LogP contribution < -0.4 is 15.8 Å². The maximum Gasteiger partial charge on any atom is 0.328 e. The maximum absolute atomic E-state index is 11.3. The molecule has 0 aliphatic carbocycles. The van der Waals surface area contributed by atoms with E-state index >= 15 is 0 Å². The quantitative estimate of drug-likeness (QED) is 0.349. The molecule has 1 aromatic rings. The van der Waals surface area contributed by atoms with Crippen LogP contribution in [0.1, 0.15) is 6.92 Å². The third-order valence-corrected chi connectivity index (χ3v) is 2.63. The van der Waals surface area contributed by atoms with Crippen molar-refractivity contribution in [1.29, 1.82) is 0 Å². The van der Waals surface area contributed by atoms with Crippen molar-refractivity contribution in [3.63, 3.8) is 0 Å². The van der Waals surface area contributed by atoms with Crippen molar-refractivity contribution in [2.24, 2.45) is 5.73 Å². The van der Waals surface area contributed by atoms with E-state index < -0.39 is 24.0 Å². The Morgan fingerprint density at radius 3 is 2.42 bits per heavy atom. The van der Waals surface area contributed by atoms with Gasteiger partial charge in [-0.1, -0.05) is 0 Å². The zero-order valence-corrected chi connectivity index (χ0v) is 11.3. The Kier molecular flexibility index (Phi) is 5.65. The van der Waals surface area contributed by atoms with Crippen molar-refractivity contribution < 1.29 is 19.4 Å². The Morgan fingerprint density at radius 1 is 1.42 bits per heavy atom. The molecule has 0 amide bonds. The summed E-state index contributed by atoms with van der Waals surface area (Å²) < 4.78 is 4.99. The van der Waals surface area contributed by atoms with Gasteiger partial charge in [0.05, 0.1) is 0 Å². The fraction of sp³-hybridized carbons (Fsp3) is 0.333. The average Bonchev–Trinajstić information content (AvgIpc) is 2.37. The standard InChI is InChI=1S/C12H16N2O4S/c1-7(13)12(17)18-9-4-2-8(3-5-9)14-10(6-19)11(15)16/h2-5,7,10,14,19H,6,13H2,1H3,(H,15,16)/t7-,10-/m0/s1. The van der Waals surface area contributed by atoms with E-state index in [0.29, 0.717) is 11.4 Å². The van der Waals surface area contributed by atoms with Gasteiger partial charge in [-0.15, -0.1) is 0 Å². The highest BCUT2D eigenvalue weighted by Crippen LogP contribution is 2.17. The minimum Gasteiger partial charge on any atom is -0.480 e. The lowest BCUT2D eigenvalue weighted by atomic mass is 10.2. The molecule has 1 aromatic carbocycles. The number of carboxylic acids is 1. The molecule has 2 atom stereocenters. The lowest BCUT2D eigenvalue weighted by molar-refractivity contribution is -0.137. The van der Waals surface area contributed by atoms with Crippen molar-refractivity contribution in [3.05, 3.63) is 24.3 Å². The molecule has 6 nitrogen and oxygen atoms in total. The maximum atomic E-state index is 11.3. The fourth-order valence-corrected chi connectivity index (χ4v) is 1.46.